The van der Waals surface area contributed by atoms with E-state index in [0.29, 0.717) is 49.3 Å². The highest BCUT2D eigenvalue weighted by atomic mass is 19.1. The van der Waals surface area contributed by atoms with Crippen LogP contribution >= 0.6 is 0 Å². The third-order valence-electron chi connectivity index (χ3n) is 7.54. The first-order chi connectivity index (χ1) is 19.6. The van der Waals surface area contributed by atoms with Gasteiger partial charge in [-0.2, -0.15) is 0 Å². The summed E-state index contributed by atoms with van der Waals surface area (Å²) in [5.41, 5.74) is 4.22. The molecule has 0 aliphatic carbocycles. The van der Waals surface area contributed by atoms with Gasteiger partial charge in [0.2, 0.25) is 0 Å². The molecule has 6 nitrogen and oxygen atoms in total. The number of amides is 1. The molecule has 1 fully saturated rings. The quantitative estimate of drug-likeness (QED) is 0.210. The van der Waals surface area contributed by atoms with Crippen molar-refractivity contribution in [3.05, 3.63) is 138 Å². The summed E-state index contributed by atoms with van der Waals surface area (Å²) in [6, 6.07) is 30.6. The van der Waals surface area contributed by atoms with Crippen LogP contribution in [-0.2, 0) is 11.3 Å². The zero-order valence-corrected chi connectivity index (χ0v) is 22.0. The van der Waals surface area contributed by atoms with E-state index in [0.717, 1.165) is 5.56 Å². The molecule has 40 heavy (non-hydrogen) atoms. The van der Waals surface area contributed by atoms with Crippen LogP contribution < -0.4 is 0 Å². The number of benzene rings is 3. The Morgan fingerprint density at radius 2 is 1.40 bits per heavy atom. The number of ketones is 1. The van der Waals surface area contributed by atoms with Crippen LogP contribution in [0.3, 0.4) is 0 Å². The van der Waals surface area contributed by atoms with Crippen molar-refractivity contribution in [3.63, 3.8) is 0 Å². The number of halogens is 1. The topological polar surface area (TPSA) is 58.4 Å². The molecular formula is C33H29FN4O2. The predicted octanol–water partition coefficient (Wildman–Crippen LogP) is 5.34. The number of carbonyl (C=O) groups excluding carboxylic acids is 2. The molecule has 200 valence electrons. The molecule has 1 aliphatic heterocycles. The van der Waals surface area contributed by atoms with Crippen LogP contribution in [0.25, 0.3) is 11.0 Å². The molecule has 0 bridgehead atoms. The predicted molar refractivity (Wildman–Crippen MR) is 152 cm³/mol. The summed E-state index contributed by atoms with van der Waals surface area (Å²) in [6.07, 6.45) is 3.35. The standard InChI is InChI=1S/C33H29FN4O2/c34-27-15-13-24(14-16-27)22-38-23-29(28-12-7-17-35-32(28)38)31(39)33(40)37-20-18-36(19-21-37)30(25-8-3-1-4-9-25)26-10-5-2-6-11-26/h1-17,23,30H,18-22H2. The van der Waals surface area contributed by atoms with Crippen LogP contribution in [0, 0.1) is 5.82 Å². The maximum Gasteiger partial charge on any atom is 0.295 e. The van der Waals surface area contributed by atoms with Crippen LogP contribution in [0.2, 0.25) is 0 Å². The van der Waals surface area contributed by atoms with Crippen molar-refractivity contribution < 1.29 is 14.0 Å². The molecule has 0 N–H and O–H groups in total. The first-order valence-electron chi connectivity index (χ1n) is 13.4. The van der Waals surface area contributed by atoms with Gasteiger partial charge in [0.1, 0.15) is 11.5 Å². The first kappa shape index (κ1) is 25.6. The second-order valence-electron chi connectivity index (χ2n) is 10.1. The lowest BCUT2D eigenvalue weighted by molar-refractivity contribution is -0.128. The SMILES string of the molecule is O=C(C(=O)N1CCN(C(c2ccccc2)c2ccccc2)CC1)c1cn(Cc2ccc(F)cc2)c2ncccc12. The van der Waals surface area contributed by atoms with E-state index < -0.39 is 11.7 Å². The molecule has 0 unspecified atom stereocenters. The number of carbonyl (C=O) groups is 2. The van der Waals surface area contributed by atoms with Gasteiger partial charge in [0.15, 0.2) is 0 Å². The zero-order valence-electron chi connectivity index (χ0n) is 22.0. The van der Waals surface area contributed by atoms with Gasteiger partial charge in [-0.25, -0.2) is 9.37 Å². The summed E-state index contributed by atoms with van der Waals surface area (Å²) in [6.45, 7) is 2.65. The van der Waals surface area contributed by atoms with Crippen molar-refractivity contribution in [2.75, 3.05) is 26.2 Å². The van der Waals surface area contributed by atoms with Crippen molar-refractivity contribution in [1.29, 1.82) is 0 Å². The Balaban J connectivity index is 1.20. The maximum atomic E-state index is 13.5. The fraction of sp³-hybridized carbons (Fsp3) is 0.182. The Labute approximate surface area is 232 Å². The molecule has 2 aromatic heterocycles. The van der Waals surface area contributed by atoms with Gasteiger partial charge in [-0.05, 0) is 41.0 Å². The Morgan fingerprint density at radius 3 is 2.02 bits per heavy atom. The number of hydrogen-bond donors (Lipinski definition) is 0. The molecule has 0 atom stereocenters. The molecule has 1 amide bonds. The summed E-state index contributed by atoms with van der Waals surface area (Å²) in [7, 11) is 0. The molecule has 7 heteroatoms. The fourth-order valence-electron chi connectivity index (χ4n) is 5.54. The number of nitrogens with zero attached hydrogens (tertiary/aromatic N) is 4. The molecule has 3 heterocycles. The number of rotatable bonds is 7. The van der Waals surface area contributed by atoms with E-state index in [1.54, 1.807) is 35.5 Å². The summed E-state index contributed by atoms with van der Waals surface area (Å²) < 4.78 is 15.2. The van der Waals surface area contributed by atoms with Crippen LogP contribution in [0.15, 0.2) is 109 Å². The third kappa shape index (κ3) is 5.16. The van der Waals surface area contributed by atoms with E-state index in [1.807, 2.05) is 47.0 Å². The first-order valence-corrected chi connectivity index (χ1v) is 13.4. The highest BCUT2D eigenvalue weighted by molar-refractivity contribution is 6.44. The van der Waals surface area contributed by atoms with Crippen molar-refractivity contribution in [3.8, 4) is 0 Å². The molecule has 0 saturated carbocycles. The third-order valence-corrected chi connectivity index (χ3v) is 7.54. The smallest absolute Gasteiger partial charge is 0.295 e. The molecule has 0 spiro atoms. The average Bonchev–Trinajstić information content (AvgIpc) is 3.37. The largest absolute Gasteiger partial charge is 0.333 e. The summed E-state index contributed by atoms with van der Waals surface area (Å²) in [5.74, 6) is -1.34. The number of fused-ring (bicyclic) bond motifs is 1. The summed E-state index contributed by atoms with van der Waals surface area (Å²) in [5, 5.41) is 0.634. The maximum absolute atomic E-state index is 13.5. The van der Waals surface area contributed by atoms with E-state index in [1.165, 1.54) is 23.3 Å². The van der Waals surface area contributed by atoms with Gasteiger partial charge in [-0.15, -0.1) is 0 Å². The second kappa shape index (κ2) is 11.2. The molecule has 6 rings (SSSR count). The van der Waals surface area contributed by atoms with E-state index in [2.05, 4.69) is 34.1 Å². The van der Waals surface area contributed by atoms with E-state index in [-0.39, 0.29) is 11.9 Å². The molecule has 1 aliphatic rings. The Bertz CT molecular complexity index is 1590. The van der Waals surface area contributed by atoms with Crippen LogP contribution in [0.4, 0.5) is 4.39 Å². The van der Waals surface area contributed by atoms with Crippen molar-refractivity contribution in [2.24, 2.45) is 0 Å². The number of hydrogen-bond acceptors (Lipinski definition) is 4. The Kier molecular flexibility index (Phi) is 7.21. The van der Waals surface area contributed by atoms with Gasteiger partial charge in [0, 0.05) is 50.5 Å². The minimum Gasteiger partial charge on any atom is -0.333 e. The molecule has 1 saturated heterocycles. The van der Waals surface area contributed by atoms with Crippen molar-refractivity contribution in [2.45, 2.75) is 12.6 Å². The van der Waals surface area contributed by atoms with Gasteiger partial charge in [0.25, 0.3) is 11.7 Å². The van der Waals surface area contributed by atoms with Crippen LogP contribution in [0.1, 0.15) is 33.1 Å². The zero-order chi connectivity index (χ0) is 27.5. The highest BCUT2D eigenvalue weighted by Gasteiger charge is 2.32. The van der Waals surface area contributed by atoms with E-state index in [4.69, 9.17) is 0 Å². The second-order valence-corrected chi connectivity index (χ2v) is 10.1. The van der Waals surface area contributed by atoms with E-state index in [9.17, 15) is 14.0 Å². The molecular weight excluding hydrogens is 503 g/mol. The minimum atomic E-state index is -0.535. The highest BCUT2D eigenvalue weighted by Crippen LogP contribution is 2.30. The number of piperazine rings is 1. The fourth-order valence-corrected chi connectivity index (χ4v) is 5.54. The molecule has 5 aromatic rings. The van der Waals surface area contributed by atoms with E-state index >= 15 is 0 Å². The minimum absolute atomic E-state index is 0.0749. The van der Waals surface area contributed by atoms with Gasteiger partial charge in [0.05, 0.1) is 11.6 Å². The van der Waals surface area contributed by atoms with Crippen LogP contribution in [-0.4, -0.2) is 57.2 Å². The molecule has 3 aromatic carbocycles. The monoisotopic (exact) mass is 532 g/mol. The lowest BCUT2D eigenvalue weighted by Crippen LogP contribution is -2.51. The Morgan fingerprint density at radius 1 is 0.775 bits per heavy atom. The Hall–Kier alpha value is -4.62. The summed E-state index contributed by atoms with van der Waals surface area (Å²) in [4.78, 5) is 35.5. The van der Waals surface area contributed by atoms with Gasteiger partial charge in [-0.3, -0.25) is 14.5 Å². The summed E-state index contributed by atoms with van der Waals surface area (Å²) >= 11 is 0. The number of aromatic nitrogens is 2. The molecule has 0 radical (unpaired) electrons. The number of pyridine rings is 1. The lowest BCUT2D eigenvalue weighted by atomic mass is 9.96. The van der Waals surface area contributed by atoms with Gasteiger partial charge < -0.3 is 9.47 Å². The van der Waals surface area contributed by atoms with Gasteiger partial charge >= 0.3 is 0 Å². The average molecular weight is 533 g/mol. The van der Waals surface area contributed by atoms with Crippen LogP contribution in [0.5, 0.6) is 0 Å². The normalized spacial score (nSPS) is 14.1. The van der Waals surface area contributed by atoms with Crippen molar-refractivity contribution in [1.82, 2.24) is 19.4 Å². The number of Topliss-reactive ketones (excluding diaryl/α,β-unsaturated/α-hetero) is 1. The van der Waals surface area contributed by atoms with Crippen molar-refractivity contribution >= 4 is 22.7 Å². The van der Waals surface area contributed by atoms with Gasteiger partial charge in [-0.1, -0.05) is 72.8 Å². The lowest BCUT2D eigenvalue weighted by Gasteiger charge is -2.39.